The van der Waals surface area contributed by atoms with E-state index >= 15 is 0 Å². The third-order valence-corrected chi connectivity index (χ3v) is 11.0. The molecule has 5 fully saturated rings. The molecule has 168 valence electrons. The molecule has 5 aliphatic rings. The zero-order valence-corrected chi connectivity index (χ0v) is 19.5. The molecule has 0 radical (unpaired) electrons. The van der Waals surface area contributed by atoms with Crippen molar-refractivity contribution in [3.05, 3.63) is 18.0 Å². The molecule has 31 heavy (non-hydrogen) atoms. The van der Waals surface area contributed by atoms with Crippen molar-refractivity contribution in [3.8, 4) is 6.07 Å². The lowest BCUT2D eigenvalue weighted by atomic mass is 9.47. The SMILES string of the molecule is C[C@@H](Cn1cc(C#N)cn1)[C@H]1[C@H]2C[C@H]2[C@H]2[C@@H]3CC[C@@H]4C[C@](C)(O)CC[C@@H]4[C@H]3CC[C@@]21C. The first-order valence-corrected chi connectivity index (χ1v) is 13.0. The zero-order chi connectivity index (χ0) is 21.5. The summed E-state index contributed by atoms with van der Waals surface area (Å²) in [5, 5.41) is 24.3. The van der Waals surface area contributed by atoms with Crippen LogP contribution in [0.15, 0.2) is 12.4 Å². The summed E-state index contributed by atoms with van der Waals surface area (Å²) in [5.41, 5.74) is 0.757. The van der Waals surface area contributed by atoms with Crippen LogP contribution in [0.4, 0.5) is 0 Å². The maximum absolute atomic E-state index is 10.7. The summed E-state index contributed by atoms with van der Waals surface area (Å²) >= 11 is 0. The van der Waals surface area contributed by atoms with E-state index in [9.17, 15) is 5.11 Å². The second-order valence-corrected chi connectivity index (χ2v) is 12.8. The van der Waals surface area contributed by atoms with Crippen molar-refractivity contribution >= 4 is 0 Å². The molecule has 0 saturated heterocycles. The molecule has 1 aromatic rings. The summed E-state index contributed by atoms with van der Waals surface area (Å²) < 4.78 is 2.02. The van der Waals surface area contributed by atoms with Gasteiger partial charge in [-0.15, -0.1) is 0 Å². The molecule has 4 heteroatoms. The molecule has 5 aliphatic carbocycles. The van der Waals surface area contributed by atoms with Crippen molar-refractivity contribution in [2.24, 2.45) is 58.7 Å². The summed E-state index contributed by atoms with van der Waals surface area (Å²) in [5.74, 6) is 7.77. The van der Waals surface area contributed by atoms with E-state index in [4.69, 9.17) is 5.26 Å². The molecule has 1 heterocycles. The quantitative estimate of drug-likeness (QED) is 0.723. The lowest BCUT2D eigenvalue weighted by Gasteiger charge is -2.58. The minimum Gasteiger partial charge on any atom is -0.390 e. The Balaban J connectivity index is 1.22. The van der Waals surface area contributed by atoms with Crippen molar-refractivity contribution in [1.82, 2.24) is 9.78 Å². The van der Waals surface area contributed by atoms with Crippen molar-refractivity contribution < 1.29 is 5.11 Å². The van der Waals surface area contributed by atoms with Gasteiger partial charge in [0.25, 0.3) is 0 Å². The van der Waals surface area contributed by atoms with Crippen LogP contribution in [-0.4, -0.2) is 20.5 Å². The molecule has 0 spiro atoms. The fraction of sp³-hybridized carbons (Fsp3) is 0.852. The van der Waals surface area contributed by atoms with Gasteiger partial charge in [-0.1, -0.05) is 13.8 Å². The molecule has 4 nitrogen and oxygen atoms in total. The predicted molar refractivity (Wildman–Crippen MR) is 120 cm³/mol. The van der Waals surface area contributed by atoms with E-state index in [1.54, 1.807) is 6.20 Å². The Morgan fingerprint density at radius 1 is 1.13 bits per heavy atom. The molecule has 0 aromatic carbocycles. The largest absolute Gasteiger partial charge is 0.390 e. The second-order valence-electron chi connectivity index (χ2n) is 12.8. The Morgan fingerprint density at radius 3 is 2.71 bits per heavy atom. The summed E-state index contributed by atoms with van der Waals surface area (Å²) in [6.07, 6.45) is 14.0. The van der Waals surface area contributed by atoms with Gasteiger partial charge < -0.3 is 5.11 Å². The molecular weight excluding hydrogens is 382 g/mol. The van der Waals surface area contributed by atoms with Crippen LogP contribution in [0, 0.1) is 70.0 Å². The Labute approximate surface area is 187 Å². The minimum absolute atomic E-state index is 0.412. The highest BCUT2D eigenvalue weighted by atomic mass is 16.3. The van der Waals surface area contributed by atoms with Crippen molar-refractivity contribution in [2.75, 3.05) is 0 Å². The average molecular weight is 422 g/mol. The maximum atomic E-state index is 10.7. The van der Waals surface area contributed by atoms with Gasteiger partial charge in [0, 0.05) is 12.7 Å². The molecule has 0 amide bonds. The van der Waals surface area contributed by atoms with Crippen LogP contribution < -0.4 is 0 Å². The highest BCUT2D eigenvalue weighted by Gasteiger charge is 2.69. The van der Waals surface area contributed by atoms with E-state index in [1.807, 2.05) is 10.9 Å². The Hall–Kier alpha value is -1.34. The predicted octanol–water partition coefficient (Wildman–Crippen LogP) is 5.27. The number of hydrogen-bond donors (Lipinski definition) is 1. The molecule has 5 saturated carbocycles. The molecule has 1 aromatic heterocycles. The van der Waals surface area contributed by atoms with Crippen LogP contribution in [0.25, 0.3) is 0 Å². The van der Waals surface area contributed by atoms with Crippen LogP contribution in [-0.2, 0) is 6.54 Å². The van der Waals surface area contributed by atoms with Gasteiger partial charge in [0.1, 0.15) is 6.07 Å². The van der Waals surface area contributed by atoms with E-state index in [-0.39, 0.29) is 0 Å². The van der Waals surface area contributed by atoms with Crippen LogP contribution in [0.1, 0.15) is 77.7 Å². The summed E-state index contributed by atoms with van der Waals surface area (Å²) in [6, 6.07) is 2.22. The normalized spacial score (nSPS) is 51.1. The van der Waals surface area contributed by atoms with Gasteiger partial charge in [-0.2, -0.15) is 10.4 Å². The fourth-order valence-electron chi connectivity index (χ4n) is 10.1. The monoisotopic (exact) mass is 421 g/mol. The van der Waals surface area contributed by atoms with Gasteiger partial charge >= 0.3 is 0 Å². The summed E-state index contributed by atoms with van der Waals surface area (Å²) in [6.45, 7) is 8.13. The molecule has 1 N–H and O–H groups in total. The van der Waals surface area contributed by atoms with Gasteiger partial charge in [-0.25, -0.2) is 0 Å². The van der Waals surface area contributed by atoms with Crippen molar-refractivity contribution in [3.63, 3.8) is 0 Å². The van der Waals surface area contributed by atoms with Crippen LogP contribution in [0.5, 0.6) is 0 Å². The van der Waals surface area contributed by atoms with Gasteiger partial charge in [-0.3, -0.25) is 4.68 Å². The standard InChI is InChI=1S/C27H39N3O/c1-16(14-30-15-17(12-28)13-29-30)24-22-10-23(22)25-21-5-4-18-11-26(2,31)8-6-19(18)20(21)7-9-27(24,25)3/h13,15-16,18-25,31H,4-11,14H2,1-3H3/t16-,18+,19-,20+,21+,22-,23+,24-,25+,26+,27+/m0/s1. The maximum Gasteiger partial charge on any atom is 0.102 e. The molecule has 6 rings (SSSR count). The topological polar surface area (TPSA) is 61.8 Å². The minimum atomic E-state index is -0.412. The molecule has 0 aliphatic heterocycles. The number of rotatable bonds is 3. The first-order valence-electron chi connectivity index (χ1n) is 13.0. The average Bonchev–Trinajstić information content (AvgIpc) is 3.23. The molecule has 0 unspecified atom stereocenters. The van der Waals surface area contributed by atoms with E-state index < -0.39 is 5.60 Å². The second kappa shape index (κ2) is 6.83. The van der Waals surface area contributed by atoms with E-state index in [0.29, 0.717) is 16.9 Å². The van der Waals surface area contributed by atoms with Crippen molar-refractivity contribution in [2.45, 2.75) is 84.3 Å². The smallest absolute Gasteiger partial charge is 0.102 e. The lowest BCUT2D eigenvalue weighted by molar-refractivity contribution is -0.111. The zero-order valence-electron chi connectivity index (χ0n) is 19.5. The first kappa shape index (κ1) is 20.3. The van der Waals surface area contributed by atoms with E-state index in [0.717, 1.165) is 66.7 Å². The summed E-state index contributed by atoms with van der Waals surface area (Å²) in [4.78, 5) is 0. The molecule has 0 bridgehead atoms. The van der Waals surface area contributed by atoms with Crippen molar-refractivity contribution in [1.29, 1.82) is 5.26 Å². The van der Waals surface area contributed by atoms with E-state index in [1.165, 1.54) is 38.5 Å². The molecule has 11 atom stereocenters. The number of aliphatic hydroxyl groups is 1. The van der Waals surface area contributed by atoms with Gasteiger partial charge in [0.15, 0.2) is 0 Å². The molecular formula is C27H39N3O. The highest BCUT2D eigenvalue weighted by Crippen LogP contribution is 2.76. The number of aromatic nitrogens is 2. The number of nitriles is 1. The van der Waals surface area contributed by atoms with Gasteiger partial charge in [-0.05, 0) is 117 Å². The van der Waals surface area contributed by atoms with Gasteiger partial charge in [0.2, 0.25) is 0 Å². The Kier molecular flexibility index (Phi) is 4.47. The lowest BCUT2D eigenvalue weighted by Crippen LogP contribution is -2.52. The Bertz CT molecular complexity index is 899. The third kappa shape index (κ3) is 3.05. The third-order valence-electron chi connectivity index (χ3n) is 11.0. The number of fused-ring (bicyclic) bond motifs is 7. The summed E-state index contributed by atoms with van der Waals surface area (Å²) in [7, 11) is 0. The first-order chi connectivity index (χ1) is 14.8. The van der Waals surface area contributed by atoms with Crippen LogP contribution in [0.3, 0.4) is 0 Å². The number of nitrogens with zero attached hydrogens (tertiary/aromatic N) is 3. The fourth-order valence-corrected chi connectivity index (χ4v) is 10.1. The number of hydrogen-bond acceptors (Lipinski definition) is 3. The Morgan fingerprint density at radius 2 is 1.94 bits per heavy atom. The van der Waals surface area contributed by atoms with Crippen LogP contribution >= 0.6 is 0 Å². The van der Waals surface area contributed by atoms with Crippen LogP contribution in [0.2, 0.25) is 0 Å². The van der Waals surface area contributed by atoms with E-state index in [2.05, 4.69) is 31.9 Å². The van der Waals surface area contributed by atoms with Gasteiger partial charge in [0.05, 0.1) is 17.4 Å². The highest BCUT2D eigenvalue weighted by molar-refractivity contribution is 5.22.